The van der Waals surface area contributed by atoms with Crippen molar-refractivity contribution in [2.45, 2.75) is 63.7 Å². The van der Waals surface area contributed by atoms with Gasteiger partial charge in [0.1, 0.15) is 25.3 Å². The third-order valence-corrected chi connectivity index (χ3v) is 10.2. The number of carbonyl (C=O) groups excluding carboxylic acids is 4. The number of benzene rings is 4. The van der Waals surface area contributed by atoms with Crippen molar-refractivity contribution < 1.29 is 28.7 Å². The van der Waals surface area contributed by atoms with Crippen LogP contribution in [0.15, 0.2) is 109 Å². The third kappa shape index (κ3) is 7.16. The van der Waals surface area contributed by atoms with Crippen molar-refractivity contribution in [1.29, 1.82) is 0 Å². The number of fused-ring (bicyclic) bond motifs is 6. The number of esters is 2. The Morgan fingerprint density at radius 2 is 1.26 bits per heavy atom. The van der Waals surface area contributed by atoms with E-state index in [4.69, 9.17) is 9.47 Å². The average Bonchev–Trinajstić information content (AvgIpc) is 3.76. The SMILES string of the molecule is O=C(C[C@@H](NC(=O)[C@@H]1Cc2c([nH]c3ccccc23)CN1C(=O)[C@@H]1Cc2c([nH]c3ccccc23)CN1)C(=O)OCc1ccccc1)OCc1ccccc1. The first kappa shape index (κ1) is 33.9. The molecule has 11 nitrogen and oxygen atoms in total. The number of H-pyrrole nitrogens is 2. The van der Waals surface area contributed by atoms with E-state index >= 15 is 0 Å². The Morgan fingerprint density at radius 3 is 1.92 bits per heavy atom. The smallest absolute Gasteiger partial charge is 0.329 e. The lowest BCUT2D eigenvalue weighted by Gasteiger charge is -2.38. The first-order valence-corrected chi connectivity index (χ1v) is 17.8. The van der Waals surface area contributed by atoms with Gasteiger partial charge in [0.05, 0.1) is 19.0 Å². The lowest BCUT2D eigenvalue weighted by atomic mass is 9.92. The molecule has 0 aliphatic carbocycles. The van der Waals surface area contributed by atoms with Gasteiger partial charge >= 0.3 is 11.9 Å². The highest BCUT2D eigenvalue weighted by Crippen LogP contribution is 2.33. The van der Waals surface area contributed by atoms with E-state index in [9.17, 15) is 19.2 Å². The van der Waals surface area contributed by atoms with Gasteiger partial charge in [-0.2, -0.15) is 0 Å². The molecule has 268 valence electrons. The summed E-state index contributed by atoms with van der Waals surface area (Å²) in [5.41, 5.74) is 7.38. The standard InChI is InChI=1S/C42H39N5O6/c48-39(52-24-26-11-3-1-4-12-26)21-35(42(51)53-25-27-13-5-2-6-14-27)46-40(49)38-20-31-29-16-8-10-18-33(29)45-37(31)23-47(38)41(50)34-19-30-28-15-7-9-17-32(28)44-36(30)22-43-34/h1-18,34-35,38,43-45H,19-25H2,(H,46,49)/t34-,35+,38-/m0/s1. The number of aromatic amines is 2. The van der Waals surface area contributed by atoms with Gasteiger partial charge < -0.3 is 29.7 Å². The van der Waals surface area contributed by atoms with Gasteiger partial charge in [0.25, 0.3) is 0 Å². The highest BCUT2D eigenvalue weighted by molar-refractivity contribution is 5.96. The fourth-order valence-corrected chi connectivity index (χ4v) is 7.44. The number of nitrogens with one attached hydrogen (secondary N) is 4. The average molecular weight is 710 g/mol. The Kier molecular flexibility index (Phi) is 9.47. The van der Waals surface area contributed by atoms with Gasteiger partial charge in [-0.05, 0) is 40.8 Å². The van der Waals surface area contributed by atoms with Crippen molar-refractivity contribution in [3.05, 3.63) is 143 Å². The van der Waals surface area contributed by atoms with Crippen LogP contribution in [0.4, 0.5) is 0 Å². The van der Waals surface area contributed by atoms with Crippen LogP contribution < -0.4 is 10.6 Å². The van der Waals surface area contributed by atoms with Gasteiger partial charge in [-0.1, -0.05) is 97.1 Å². The summed E-state index contributed by atoms with van der Waals surface area (Å²) in [6.07, 6.45) is 0.217. The molecule has 0 bridgehead atoms. The summed E-state index contributed by atoms with van der Waals surface area (Å²) >= 11 is 0. The number of carbonyl (C=O) groups is 4. The van der Waals surface area contributed by atoms with Crippen molar-refractivity contribution in [2.75, 3.05) is 0 Å². The van der Waals surface area contributed by atoms with Crippen LogP contribution in [0.3, 0.4) is 0 Å². The zero-order chi connectivity index (χ0) is 36.3. The van der Waals surface area contributed by atoms with Gasteiger partial charge in [-0.3, -0.25) is 19.7 Å². The monoisotopic (exact) mass is 709 g/mol. The Labute approximate surface area is 305 Å². The molecule has 8 rings (SSSR count). The van der Waals surface area contributed by atoms with Crippen molar-refractivity contribution >= 4 is 45.6 Å². The summed E-state index contributed by atoms with van der Waals surface area (Å²) in [7, 11) is 0. The normalized spacial score (nSPS) is 17.1. The molecular formula is C42H39N5O6. The molecule has 0 radical (unpaired) electrons. The van der Waals surface area contributed by atoms with Crippen molar-refractivity contribution in [3.8, 4) is 0 Å². The molecule has 0 saturated heterocycles. The third-order valence-electron chi connectivity index (χ3n) is 10.2. The van der Waals surface area contributed by atoms with Gasteiger partial charge in [0, 0.05) is 46.2 Å². The number of hydrogen-bond donors (Lipinski definition) is 4. The molecule has 0 unspecified atom stereocenters. The molecule has 53 heavy (non-hydrogen) atoms. The van der Waals surface area contributed by atoms with Gasteiger partial charge in [0.15, 0.2) is 0 Å². The number of para-hydroxylation sites is 2. The Balaban J connectivity index is 1.06. The van der Waals surface area contributed by atoms with Gasteiger partial charge in [0.2, 0.25) is 11.8 Å². The van der Waals surface area contributed by atoms with E-state index in [1.165, 1.54) is 0 Å². The molecule has 3 atom stereocenters. The van der Waals surface area contributed by atoms with E-state index < -0.39 is 42.4 Å². The topological polar surface area (TPSA) is 146 Å². The number of hydrogen-bond acceptors (Lipinski definition) is 7. The molecule has 0 fully saturated rings. The van der Waals surface area contributed by atoms with Crippen LogP contribution in [0, 0.1) is 0 Å². The molecule has 2 aliphatic heterocycles. The number of amides is 2. The molecule has 2 amide bonds. The summed E-state index contributed by atoms with van der Waals surface area (Å²) in [5, 5.41) is 8.23. The Morgan fingerprint density at radius 1 is 0.698 bits per heavy atom. The molecule has 2 aromatic heterocycles. The maximum atomic E-state index is 14.5. The first-order chi connectivity index (χ1) is 25.9. The largest absolute Gasteiger partial charge is 0.461 e. The molecule has 4 aromatic carbocycles. The minimum atomic E-state index is -1.35. The predicted octanol–water partition coefficient (Wildman–Crippen LogP) is 4.98. The van der Waals surface area contributed by atoms with Crippen LogP contribution in [-0.2, 0) is 67.8 Å². The van der Waals surface area contributed by atoms with Crippen LogP contribution in [0.2, 0.25) is 0 Å². The lowest BCUT2D eigenvalue weighted by molar-refractivity contribution is -0.156. The second-order valence-corrected chi connectivity index (χ2v) is 13.6. The Bertz CT molecular complexity index is 2300. The molecule has 0 spiro atoms. The quantitative estimate of drug-likeness (QED) is 0.147. The second kappa shape index (κ2) is 14.8. The number of nitrogens with zero attached hydrogens (tertiary/aromatic N) is 1. The predicted molar refractivity (Wildman–Crippen MR) is 198 cm³/mol. The molecular weight excluding hydrogens is 670 g/mol. The molecule has 4 heterocycles. The van der Waals surface area contributed by atoms with E-state index in [0.717, 1.165) is 55.4 Å². The van der Waals surface area contributed by atoms with Crippen LogP contribution >= 0.6 is 0 Å². The van der Waals surface area contributed by atoms with Crippen molar-refractivity contribution in [2.24, 2.45) is 0 Å². The van der Waals surface area contributed by atoms with E-state index in [2.05, 4.69) is 20.6 Å². The highest BCUT2D eigenvalue weighted by atomic mass is 16.5. The molecule has 0 saturated carbocycles. The van der Waals surface area contributed by atoms with Crippen LogP contribution in [0.25, 0.3) is 21.8 Å². The minimum Gasteiger partial charge on any atom is -0.461 e. The number of rotatable bonds is 10. The van der Waals surface area contributed by atoms with Crippen LogP contribution in [-0.4, -0.2) is 56.7 Å². The minimum absolute atomic E-state index is 0.0141. The second-order valence-electron chi connectivity index (χ2n) is 13.6. The fraction of sp³-hybridized carbons (Fsp3) is 0.238. The summed E-state index contributed by atoms with van der Waals surface area (Å²) in [4.78, 5) is 64.2. The zero-order valence-electron chi connectivity index (χ0n) is 29.0. The molecule has 11 heteroatoms. The van der Waals surface area contributed by atoms with Gasteiger partial charge in [-0.25, -0.2) is 4.79 Å². The Hall–Kier alpha value is -6.20. The van der Waals surface area contributed by atoms with E-state index in [1.807, 2.05) is 109 Å². The molecule has 6 aromatic rings. The fourth-order valence-electron chi connectivity index (χ4n) is 7.44. The summed E-state index contributed by atoms with van der Waals surface area (Å²) < 4.78 is 11.1. The lowest BCUT2D eigenvalue weighted by Crippen LogP contribution is -2.59. The molecule has 4 N–H and O–H groups in total. The highest BCUT2D eigenvalue weighted by Gasteiger charge is 2.41. The van der Waals surface area contributed by atoms with E-state index in [0.29, 0.717) is 13.0 Å². The van der Waals surface area contributed by atoms with Gasteiger partial charge in [-0.15, -0.1) is 0 Å². The number of ether oxygens (including phenoxy) is 2. The summed E-state index contributed by atoms with van der Waals surface area (Å²) in [6, 6.07) is 31.3. The molecule has 2 aliphatic rings. The van der Waals surface area contributed by atoms with E-state index in [-0.39, 0.29) is 32.1 Å². The van der Waals surface area contributed by atoms with Crippen molar-refractivity contribution in [3.63, 3.8) is 0 Å². The summed E-state index contributed by atoms with van der Waals surface area (Å²) in [6.45, 7) is 0.618. The van der Waals surface area contributed by atoms with E-state index in [1.54, 1.807) is 4.90 Å². The first-order valence-electron chi connectivity index (χ1n) is 17.8. The zero-order valence-corrected chi connectivity index (χ0v) is 29.0. The van der Waals surface area contributed by atoms with Crippen LogP contribution in [0.1, 0.15) is 40.1 Å². The maximum absolute atomic E-state index is 14.5. The maximum Gasteiger partial charge on any atom is 0.329 e. The van der Waals surface area contributed by atoms with Crippen molar-refractivity contribution in [1.82, 2.24) is 25.5 Å². The summed E-state index contributed by atoms with van der Waals surface area (Å²) in [5.74, 6) is -2.24. The van der Waals surface area contributed by atoms with Crippen LogP contribution in [0.5, 0.6) is 0 Å². The number of aromatic nitrogens is 2.